The Morgan fingerprint density at radius 2 is 1.60 bits per heavy atom. The van der Waals surface area contributed by atoms with Gasteiger partial charge in [0.15, 0.2) is 0 Å². The Balaban J connectivity index is 1.83. The first-order chi connectivity index (χ1) is 9.39. The maximum atomic E-state index is 5.99. The smallest absolute Gasteiger partial charge is 0.398 e. The molecule has 0 saturated carbocycles. The standard InChI is InChI=1S/C15H19BN2O2/c1-14(2)15(3,4)20-16(19-14)13-8-7-12(11-17-13)18-9-5-6-10-18/h5-11H,1-4H3. The summed E-state index contributed by atoms with van der Waals surface area (Å²) in [4.78, 5) is 4.48. The van der Waals surface area contributed by atoms with Crippen molar-refractivity contribution in [3.63, 3.8) is 0 Å². The Bertz CT molecular complexity index is 575. The lowest BCUT2D eigenvalue weighted by Gasteiger charge is -2.32. The molecule has 1 fully saturated rings. The molecule has 1 aliphatic heterocycles. The fourth-order valence-corrected chi connectivity index (χ4v) is 2.16. The van der Waals surface area contributed by atoms with E-state index in [9.17, 15) is 0 Å². The van der Waals surface area contributed by atoms with Crippen molar-refractivity contribution < 1.29 is 9.31 Å². The molecule has 2 aromatic rings. The molecule has 0 unspecified atom stereocenters. The Morgan fingerprint density at radius 3 is 2.10 bits per heavy atom. The lowest BCUT2D eigenvalue weighted by atomic mass is 9.84. The Morgan fingerprint density at radius 1 is 1.00 bits per heavy atom. The lowest BCUT2D eigenvalue weighted by molar-refractivity contribution is 0.00578. The number of pyridine rings is 1. The highest BCUT2D eigenvalue weighted by atomic mass is 16.7. The molecule has 104 valence electrons. The van der Waals surface area contributed by atoms with Gasteiger partial charge in [0.1, 0.15) is 0 Å². The molecule has 3 heterocycles. The molecule has 1 aliphatic rings. The molecule has 3 rings (SSSR count). The van der Waals surface area contributed by atoms with Crippen LogP contribution in [0.25, 0.3) is 5.69 Å². The first kappa shape index (κ1) is 13.4. The van der Waals surface area contributed by atoms with Crippen LogP contribution in [-0.2, 0) is 9.31 Å². The minimum atomic E-state index is -0.404. The minimum Gasteiger partial charge on any atom is -0.398 e. The van der Waals surface area contributed by atoms with Gasteiger partial charge in [0, 0.05) is 12.4 Å². The third kappa shape index (κ3) is 2.17. The number of hydrogen-bond acceptors (Lipinski definition) is 3. The van der Waals surface area contributed by atoms with Gasteiger partial charge in [-0.25, -0.2) is 0 Å². The quantitative estimate of drug-likeness (QED) is 0.785. The van der Waals surface area contributed by atoms with Crippen LogP contribution in [0.2, 0.25) is 0 Å². The van der Waals surface area contributed by atoms with Gasteiger partial charge in [0.05, 0.1) is 28.7 Å². The van der Waals surface area contributed by atoms with Crippen LogP contribution in [0.4, 0.5) is 0 Å². The fourth-order valence-electron chi connectivity index (χ4n) is 2.16. The molecule has 0 aromatic carbocycles. The molecule has 0 amide bonds. The first-order valence-electron chi connectivity index (χ1n) is 6.84. The van der Waals surface area contributed by atoms with E-state index in [1.54, 1.807) is 0 Å². The second-order valence-corrected chi connectivity index (χ2v) is 6.12. The van der Waals surface area contributed by atoms with Gasteiger partial charge in [-0.3, -0.25) is 4.98 Å². The molecule has 2 aromatic heterocycles. The zero-order chi connectivity index (χ0) is 14.4. The van der Waals surface area contributed by atoms with Crippen LogP contribution in [0, 0.1) is 0 Å². The van der Waals surface area contributed by atoms with E-state index in [0.717, 1.165) is 11.3 Å². The molecular weight excluding hydrogens is 251 g/mol. The minimum absolute atomic E-state index is 0.335. The van der Waals surface area contributed by atoms with Crippen molar-refractivity contribution in [2.45, 2.75) is 38.9 Å². The zero-order valence-corrected chi connectivity index (χ0v) is 12.3. The topological polar surface area (TPSA) is 36.3 Å². The van der Waals surface area contributed by atoms with Crippen molar-refractivity contribution in [2.24, 2.45) is 0 Å². The summed E-state index contributed by atoms with van der Waals surface area (Å²) in [6.07, 6.45) is 5.82. The van der Waals surface area contributed by atoms with Gasteiger partial charge in [0.25, 0.3) is 0 Å². The van der Waals surface area contributed by atoms with E-state index < -0.39 is 7.12 Å². The molecule has 0 aliphatic carbocycles. The molecule has 0 radical (unpaired) electrons. The Kier molecular flexibility index (Phi) is 2.99. The van der Waals surface area contributed by atoms with Gasteiger partial charge in [-0.1, -0.05) is 0 Å². The van der Waals surface area contributed by atoms with Gasteiger partial charge in [-0.05, 0) is 52.0 Å². The number of aromatic nitrogens is 2. The number of rotatable bonds is 2. The molecule has 0 atom stereocenters. The highest BCUT2D eigenvalue weighted by Crippen LogP contribution is 2.36. The summed E-state index contributed by atoms with van der Waals surface area (Å²) in [6.45, 7) is 8.17. The highest BCUT2D eigenvalue weighted by molar-refractivity contribution is 6.61. The average molecular weight is 270 g/mol. The highest BCUT2D eigenvalue weighted by Gasteiger charge is 2.52. The van der Waals surface area contributed by atoms with Crippen molar-refractivity contribution >= 4 is 12.7 Å². The largest absolute Gasteiger partial charge is 0.514 e. The van der Waals surface area contributed by atoms with Gasteiger partial charge in [0.2, 0.25) is 0 Å². The van der Waals surface area contributed by atoms with Gasteiger partial charge < -0.3 is 13.9 Å². The predicted octanol–water partition coefficient (Wildman–Crippen LogP) is 2.17. The van der Waals surface area contributed by atoms with E-state index in [0.29, 0.717) is 0 Å². The molecule has 0 spiro atoms. The van der Waals surface area contributed by atoms with Crippen LogP contribution in [-0.4, -0.2) is 27.9 Å². The normalized spacial score (nSPS) is 20.3. The van der Waals surface area contributed by atoms with Crippen LogP contribution in [0.1, 0.15) is 27.7 Å². The zero-order valence-electron chi connectivity index (χ0n) is 12.3. The summed E-state index contributed by atoms with van der Waals surface area (Å²) in [6, 6.07) is 7.95. The summed E-state index contributed by atoms with van der Waals surface area (Å²) >= 11 is 0. The summed E-state index contributed by atoms with van der Waals surface area (Å²) in [7, 11) is -0.404. The lowest BCUT2D eigenvalue weighted by Crippen LogP contribution is -2.41. The van der Waals surface area contributed by atoms with Crippen LogP contribution >= 0.6 is 0 Å². The van der Waals surface area contributed by atoms with Crippen LogP contribution in [0.5, 0.6) is 0 Å². The van der Waals surface area contributed by atoms with Crippen LogP contribution < -0.4 is 5.59 Å². The third-order valence-corrected chi connectivity index (χ3v) is 4.17. The number of nitrogens with zero attached hydrogens (tertiary/aromatic N) is 2. The molecule has 5 heteroatoms. The van der Waals surface area contributed by atoms with E-state index in [1.165, 1.54) is 0 Å². The van der Waals surface area contributed by atoms with E-state index in [2.05, 4.69) is 4.98 Å². The predicted molar refractivity (Wildman–Crippen MR) is 79.3 cm³/mol. The number of hydrogen-bond donors (Lipinski definition) is 0. The Labute approximate surface area is 119 Å². The van der Waals surface area contributed by atoms with E-state index in [4.69, 9.17) is 9.31 Å². The van der Waals surface area contributed by atoms with Crippen molar-refractivity contribution in [3.05, 3.63) is 42.9 Å². The molecule has 1 saturated heterocycles. The average Bonchev–Trinajstić information content (AvgIpc) is 2.97. The van der Waals surface area contributed by atoms with Gasteiger partial charge in [-0.15, -0.1) is 0 Å². The Hall–Kier alpha value is -1.59. The summed E-state index contributed by atoms with van der Waals surface area (Å²) < 4.78 is 14.0. The third-order valence-electron chi connectivity index (χ3n) is 4.17. The van der Waals surface area contributed by atoms with Crippen LogP contribution in [0.15, 0.2) is 42.9 Å². The SMILES string of the molecule is CC1(C)OB(c2ccc(-n3cccc3)cn2)OC1(C)C. The summed E-state index contributed by atoms with van der Waals surface area (Å²) in [5.41, 5.74) is 1.16. The molecule has 20 heavy (non-hydrogen) atoms. The maximum Gasteiger partial charge on any atom is 0.514 e. The van der Waals surface area contributed by atoms with Gasteiger partial charge in [-0.2, -0.15) is 0 Å². The van der Waals surface area contributed by atoms with E-state index >= 15 is 0 Å². The molecular formula is C15H19BN2O2. The molecule has 4 nitrogen and oxygen atoms in total. The fraction of sp³-hybridized carbons (Fsp3) is 0.400. The van der Waals surface area contributed by atoms with Crippen molar-refractivity contribution in [1.29, 1.82) is 0 Å². The molecule has 0 N–H and O–H groups in total. The summed E-state index contributed by atoms with van der Waals surface area (Å²) in [5.74, 6) is 0. The van der Waals surface area contributed by atoms with Crippen molar-refractivity contribution in [1.82, 2.24) is 9.55 Å². The van der Waals surface area contributed by atoms with Crippen molar-refractivity contribution in [3.8, 4) is 5.69 Å². The second kappa shape index (κ2) is 4.47. The van der Waals surface area contributed by atoms with Crippen LogP contribution in [0.3, 0.4) is 0 Å². The van der Waals surface area contributed by atoms with E-state index in [1.807, 2.05) is 75.1 Å². The summed E-state index contributed by atoms with van der Waals surface area (Å²) in [5, 5.41) is 0. The van der Waals surface area contributed by atoms with E-state index in [-0.39, 0.29) is 11.2 Å². The molecule has 0 bridgehead atoms. The second-order valence-electron chi connectivity index (χ2n) is 6.12. The first-order valence-corrected chi connectivity index (χ1v) is 6.84. The van der Waals surface area contributed by atoms with Crippen molar-refractivity contribution in [2.75, 3.05) is 0 Å². The van der Waals surface area contributed by atoms with Gasteiger partial charge >= 0.3 is 7.12 Å². The monoisotopic (exact) mass is 270 g/mol. The maximum absolute atomic E-state index is 5.99.